The van der Waals surface area contributed by atoms with Crippen molar-refractivity contribution in [2.75, 3.05) is 18.1 Å². The van der Waals surface area contributed by atoms with Crippen LogP contribution in [-0.4, -0.2) is 39.5 Å². The van der Waals surface area contributed by atoms with Crippen LogP contribution in [0.3, 0.4) is 0 Å². The fourth-order valence-electron chi connectivity index (χ4n) is 1.40. The molecule has 5 heteroatoms. The van der Waals surface area contributed by atoms with Crippen LogP contribution in [0.15, 0.2) is 0 Å². The molecule has 1 aliphatic heterocycles. The van der Waals surface area contributed by atoms with Gasteiger partial charge >= 0.3 is 5.97 Å². The fraction of sp³-hybridized carbons (Fsp3) is 0.889. The first kappa shape index (κ1) is 11.7. The van der Waals surface area contributed by atoms with Crippen LogP contribution in [0.4, 0.5) is 0 Å². The smallest absolute Gasteiger partial charge is 0.307 e. The molecule has 1 rings (SSSR count). The number of rotatable bonds is 5. The van der Waals surface area contributed by atoms with E-state index < -0.39 is 22.7 Å². The third-order valence-electron chi connectivity index (χ3n) is 2.25. The molecule has 1 saturated heterocycles. The van der Waals surface area contributed by atoms with E-state index in [1.54, 1.807) is 6.92 Å². The zero-order valence-electron chi connectivity index (χ0n) is 8.27. The van der Waals surface area contributed by atoms with E-state index in [9.17, 15) is 9.00 Å². The van der Waals surface area contributed by atoms with Gasteiger partial charge in [-0.15, -0.1) is 0 Å². The molecule has 0 aromatic rings. The largest absolute Gasteiger partial charge is 0.481 e. The zero-order valence-corrected chi connectivity index (χ0v) is 9.09. The molecule has 1 fully saturated rings. The number of hydrogen-bond donors (Lipinski definition) is 1. The molecule has 1 N–H and O–H groups in total. The summed E-state index contributed by atoms with van der Waals surface area (Å²) in [6.07, 6.45) is 2.06. The van der Waals surface area contributed by atoms with Gasteiger partial charge in [0.1, 0.15) is 0 Å². The maximum absolute atomic E-state index is 11.5. The number of hydrogen-bond acceptors (Lipinski definition) is 3. The quantitative estimate of drug-likeness (QED) is 0.738. The van der Waals surface area contributed by atoms with Crippen LogP contribution in [0.25, 0.3) is 0 Å². The molecule has 0 aromatic heterocycles. The van der Waals surface area contributed by atoms with Crippen molar-refractivity contribution in [1.82, 2.24) is 0 Å². The van der Waals surface area contributed by atoms with Crippen LogP contribution in [0, 0.1) is 5.92 Å². The lowest BCUT2D eigenvalue weighted by Crippen LogP contribution is -2.23. The molecular formula is C9H16O4S. The highest BCUT2D eigenvalue weighted by Gasteiger charge is 2.21. The minimum atomic E-state index is -1.07. The average molecular weight is 220 g/mol. The highest BCUT2D eigenvalue weighted by atomic mass is 32.2. The van der Waals surface area contributed by atoms with E-state index in [0.717, 1.165) is 19.4 Å². The van der Waals surface area contributed by atoms with Crippen LogP contribution in [0.1, 0.15) is 19.8 Å². The first-order chi connectivity index (χ1) is 6.59. The Kier molecular flexibility index (Phi) is 4.54. The molecule has 3 unspecified atom stereocenters. The third kappa shape index (κ3) is 3.75. The second-order valence-electron chi connectivity index (χ2n) is 3.65. The van der Waals surface area contributed by atoms with Crippen molar-refractivity contribution >= 4 is 16.8 Å². The van der Waals surface area contributed by atoms with Gasteiger partial charge in [0.2, 0.25) is 0 Å². The van der Waals surface area contributed by atoms with Crippen molar-refractivity contribution in [3.63, 3.8) is 0 Å². The predicted molar refractivity (Wildman–Crippen MR) is 53.7 cm³/mol. The van der Waals surface area contributed by atoms with Crippen molar-refractivity contribution in [3.05, 3.63) is 0 Å². The number of carboxylic acid groups (broad SMARTS) is 1. The van der Waals surface area contributed by atoms with E-state index in [1.807, 2.05) is 0 Å². The van der Waals surface area contributed by atoms with E-state index in [0.29, 0.717) is 5.75 Å². The van der Waals surface area contributed by atoms with Crippen LogP contribution in [0.2, 0.25) is 0 Å². The third-order valence-corrected chi connectivity index (χ3v) is 3.87. The van der Waals surface area contributed by atoms with Gasteiger partial charge in [0.05, 0.1) is 12.0 Å². The molecule has 0 saturated carbocycles. The van der Waals surface area contributed by atoms with Crippen molar-refractivity contribution in [1.29, 1.82) is 0 Å². The van der Waals surface area contributed by atoms with Gasteiger partial charge in [0.15, 0.2) is 0 Å². The van der Waals surface area contributed by atoms with Crippen LogP contribution in [-0.2, 0) is 20.3 Å². The van der Waals surface area contributed by atoms with E-state index in [4.69, 9.17) is 9.84 Å². The lowest BCUT2D eigenvalue weighted by molar-refractivity contribution is -0.140. The Labute approximate surface area is 86.1 Å². The summed E-state index contributed by atoms with van der Waals surface area (Å²) in [5.41, 5.74) is 0. The molecule has 0 amide bonds. The minimum Gasteiger partial charge on any atom is -0.481 e. The number of ether oxygens (including phenoxy) is 1. The Morgan fingerprint density at radius 1 is 1.71 bits per heavy atom. The minimum absolute atomic E-state index is 0.0804. The van der Waals surface area contributed by atoms with Crippen LogP contribution < -0.4 is 0 Å². The van der Waals surface area contributed by atoms with Crippen LogP contribution in [0.5, 0.6) is 0 Å². The van der Waals surface area contributed by atoms with Gasteiger partial charge in [-0.05, 0) is 12.8 Å². The Balaban J connectivity index is 2.24. The molecule has 0 bridgehead atoms. The van der Waals surface area contributed by atoms with Crippen molar-refractivity contribution in [2.24, 2.45) is 5.92 Å². The molecule has 14 heavy (non-hydrogen) atoms. The van der Waals surface area contributed by atoms with Gasteiger partial charge in [-0.2, -0.15) is 0 Å². The van der Waals surface area contributed by atoms with E-state index in [1.165, 1.54) is 0 Å². The molecule has 1 heterocycles. The maximum atomic E-state index is 11.5. The van der Waals surface area contributed by atoms with Gasteiger partial charge in [-0.3, -0.25) is 9.00 Å². The van der Waals surface area contributed by atoms with Crippen molar-refractivity contribution < 1.29 is 18.8 Å². The van der Waals surface area contributed by atoms with E-state index in [-0.39, 0.29) is 11.9 Å². The Bertz CT molecular complexity index is 223. The molecule has 0 radical (unpaired) electrons. The number of carbonyl (C=O) groups is 1. The van der Waals surface area contributed by atoms with Crippen molar-refractivity contribution in [3.8, 4) is 0 Å². The summed E-state index contributed by atoms with van der Waals surface area (Å²) in [5.74, 6) is -0.699. The molecule has 1 aliphatic rings. The predicted octanol–water partition coefficient (Wildman–Crippen LogP) is 0.635. The maximum Gasteiger partial charge on any atom is 0.307 e. The highest BCUT2D eigenvalue weighted by Crippen LogP contribution is 2.13. The summed E-state index contributed by atoms with van der Waals surface area (Å²) < 4.78 is 16.8. The lowest BCUT2D eigenvalue weighted by Gasteiger charge is -2.10. The molecular weight excluding hydrogens is 204 g/mol. The Morgan fingerprint density at radius 3 is 2.93 bits per heavy atom. The molecule has 0 aromatic carbocycles. The highest BCUT2D eigenvalue weighted by molar-refractivity contribution is 7.85. The van der Waals surface area contributed by atoms with E-state index >= 15 is 0 Å². The Hall–Kier alpha value is -0.420. The van der Waals surface area contributed by atoms with Gasteiger partial charge in [-0.1, -0.05) is 6.92 Å². The van der Waals surface area contributed by atoms with Gasteiger partial charge in [0.25, 0.3) is 0 Å². The lowest BCUT2D eigenvalue weighted by atomic mass is 10.2. The zero-order chi connectivity index (χ0) is 10.6. The summed E-state index contributed by atoms with van der Waals surface area (Å²) in [6, 6.07) is 0. The molecule has 0 aliphatic carbocycles. The second kappa shape index (κ2) is 5.46. The topological polar surface area (TPSA) is 63.6 Å². The first-order valence-corrected chi connectivity index (χ1v) is 6.27. The summed E-state index contributed by atoms with van der Waals surface area (Å²) in [5, 5.41) is 8.63. The second-order valence-corrected chi connectivity index (χ2v) is 5.19. The van der Waals surface area contributed by atoms with Gasteiger partial charge in [0, 0.05) is 28.9 Å². The monoisotopic (exact) mass is 220 g/mol. The normalized spacial score (nSPS) is 25.9. The SMILES string of the molecule is CC(CS(=O)CC1CCCO1)C(=O)O. The van der Waals surface area contributed by atoms with Crippen LogP contribution >= 0.6 is 0 Å². The summed E-state index contributed by atoms with van der Waals surface area (Å²) in [7, 11) is -1.07. The summed E-state index contributed by atoms with van der Waals surface area (Å²) >= 11 is 0. The summed E-state index contributed by atoms with van der Waals surface area (Å²) in [6.45, 7) is 2.33. The van der Waals surface area contributed by atoms with Gasteiger partial charge in [-0.25, -0.2) is 0 Å². The number of carboxylic acids is 1. The van der Waals surface area contributed by atoms with Crippen molar-refractivity contribution in [2.45, 2.75) is 25.9 Å². The average Bonchev–Trinajstić information content (AvgIpc) is 2.56. The van der Waals surface area contributed by atoms with E-state index in [2.05, 4.69) is 0 Å². The molecule has 0 spiro atoms. The fourth-order valence-corrected chi connectivity index (χ4v) is 2.92. The number of aliphatic carboxylic acids is 1. The molecule has 4 nitrogen and oxygen atoms in total. The Morgan fingerprint density at radius 2 is 2.43 bits per heavy atom. The molecule has 3 atom stereocenters. The summed E-state index contributed by atoms with van der Waals surface area (Å²) in [4.78, 5) is 10.5. The van der Waals surface area contributed by atoms with Gasteiger partial charge < -0.3 is 9.84 Å². The molecule has 82 valence electrons. The standard InChI is InChI=1S/C9H16O4S/c1-7(9(10)11)5-14(12)6-8-3-2-4-13-8/h7-8H,2-6H2,1H3,(H,10,11). The first-order valence-electron chi connectivity index (χ1n) is 4.79.